The number of likely N-dealkylation sites (tertiary alicyclic amines) is 1. The largest absolute Gasteiger partial charge is 0.355 e. The summed E-state index contributed by atoms with van der Waals surface area (Å²) in [5, 5.41) is 9.89. The van der Waals surface area contributed by atoms with Gasteiger partial charge in [-0.2, -0.15) is 0 Å². The molecule has 2 rings (SSSR count). The molecule has 1 amide bonds. The minimum atomic E-state index is 0.199. The summed E-state index contributed by atoms with van der Waals surface area (Å²) in [4.78, 5) is 18.9. The normalized spacial score (nSPS) is 20.8. The molecule has 0 radical (unpaired) electrons. The lowest BCUT2D eigenvalue weighted by Gasteiger charge is -2.32. The standard InChI is InChI=1S/C20H39N5O/c1-3-13-25-14-9-18(10-15-25)24-20(21-2)23-12-11-22-19(26)16-17-7-5-4-6-8-17/h17-18H,3-16H2,1-2H3,(H,22,26)(H2,21,23,24). The van der Waals surface area contributed by atoms with Crippen molar-refractivity contribution in [3.63, 3.8) is 0 Å². The Labute approximate surface area is 159 Å². The van der Waals surface area contributed by atoms with Crippen LogP contribution in [0.3, 0.4) is 0 Å². The molecule has 1 aliphatic heterocycles. The number of piperidine rings is 1. The van der Waals surface area contributed by atoms with Crippen molar-refractivity contribution in [1.29, 1.82) is 0 Å². The van der Waals surface area contributed by atoms with Gasteiger partial charge in [0.25, 0.3) is 0 Å². The zero-order valence-electron chi connectivity index (χ0n) is 16.9. The Kier molecular flexibility index (Phi) is 9.82. The Hall–Kier alpha value is -1.30. The first-order valence-electron chi connectivity index (χ1n) is 10.7. The molecule has 1 saturated carbocycles. The van der Waals surface area contributed by atoms with E-state index in [1.165, 1.54) is 71.0 Å². The predicted octanol–water partition coefficient (Wildman–Crippen LogP) is 2.11. The second kappa shape index (κ2) is 12.2. The molecular weight excluding hydrogens is 326 g/mol. The number of nitrogens with zero attached hydrogens (tertiary/aromatic N) is 2. The summed E-state index contributed by atoms with van der Waals surface area (Å²) in [6.07, 6.45) is 10.6. The average Bonchev–Trinajstić information content (AvgIpc) is 2.66. The molecule has 0 atom stereocenters. The molecule has 3 N–H and O–H groups in total. The molecule has 1 heterocycles. The van der Waals surface area contributed by atoms with E-state index < -0.39 is 0 Å². The van der Waals surface area contributed by atoms with Crippen LogP contribution in [0.25, 0.3) is 0 Å². The molecule has 0 aromatic heterocycles. The van der Waals surface area contributed by atoms with Crippen molar-refractivity contribution < 1.29 is 4.79 Å². The van der Waals surface area contributed by atoms with Crippen molar-refractivity contribution in [3.8, 4) is 0 Å². The van der Waals surface area contributed by atoms with E-state index in [0.29, 0.717) is 31.5 Å². The predicted molar refractivity (Wildman–Crippen MR) is 108 cm³/mol. The minimum absolute atomic E-state index is 0.199. The number of aliphatic imine (C=N–C) groups is 1. The van der Waals surface area contributed by atoms with Crippen LogP contribution in [0.5, 0.6) is 0 Å². The van der Waals surface area contributed by atoms with Gasteiger partial charge in [-0.15, -0.1) is 0 Å². The Morgan fingerprint density at radius 3 is 2.38 bits per heavy atom. The van der Waals surface area contributed by atoms with Crippen molar-refractivity contribution in [2.45, 2.75) is 70.8 Å². The molecule has 2 fully saturated rings. The van der Waals surface area contributed by atoms with E-state index in [2.05, 4.69) is 32.8 Å². The fraction of sp³-hybridized carbons (Fsp3) is 0.900. The Morgan fingerprint density at radius 1 is 1.04 bits per heavy atom. The summed E-state index contributed by atoms with van der Waals surface area (Å²) in [7, 11) is 1.81. The number of nitrogens with one attached hydrogen (secondary N) is 3. The fourth-order valence-corrected chi connectivity index (χ4v) is 4.11. The molecule has 1 saturated heterocycles. The maximum absolute atomic E-state index is 12.0. The maximum Gasteiger partial charge on any atom is 0.220 e. The fourth-order valence-electron chi connectivity index (χ4n) is 4.11. The van der Waals surface area contributed by atoms with Gasteiger partial charge in [-0.25, -0.2) is 0 Å². The summed E-state index contributed by atoms with van der Waals surface area (Å²) in [5.74, 6) is 1.65. The maximum atomic E-state index is 12.0. The Balaban J connectivity index is 1.55. The lowest BCUT2D eigenvalue weighted by Crippen LogP contribution is -2.49. The summed E-state index contributed by atoms with van der Waals surface area (Å²) >= 11 is 0. The van der Waals surface area contributed by atoms with Crippen LogP contribution >= 0.6 is 0 Å². The number of hydrogen-bond acceptors (Lipinski definition) is 3. The second-order valence-electron chi connectivity index (χ2n) is 7.82. The molecule has 150 valence electrons. The van der Waals surface area contributed by atoms with Crippen LogP contribution in [-0.2, 0) is 4.79 Å². The Morgan fingerprint density at radius 2 is 1.73 bits per heavy atom. The second-order valence-corrected chi connectivity index (χ2v) is 7.82. The summed E-state index contributed by atoms with van der Waals surface area (Å²) in [6.45, 7) is 7.15. The van der Waals surface area contributed by atoms with Crippen LogP contribution in [0.2, 0.25) is 0 Å². The van der Waals surface area contributed by atoms with Crippen molar-refractivity contribution in [2.75, 3.05) is 39.8 Å². The van der Waals surface area contributed by atoms with Crippen molar-refractivity contribution in [1.82, 2.24) is 20.9 Å². The van der Waals surface area contributed by atoms with Crippen LogP contribution < -0.4 is 16.0 Å². The first-order chi connectivity index (χ1) is 12.7. The third-order valence-electron chi connectivity index (χ3n) is 5.63. The quantitative estimate of drug-likeness (QED) is 0.350. The summed E-state index contributed by atoms with van der Waals surface area (Å²) < 4.78 is 0. The molecule has 0 unspecified atom stereocenters. The van der Waals surface area contributed by atoms with E-state index in [9.17, 15) is 4.79 Å². The average molecular weight is 366 g/mol. The van der Waals surface area contributed by atoms with Crippen LogP contribution in [0.15, 0.2) is 4.99 Å². The number of rotatable bonds is 8. The van der Waals surface area contributed by atoms with Crippen molar-refractivity contribution in [3.05, 3.63) is 0 Å². The summed E-state index contributed by atoms with van der Waals surface area (Å²) in [6, 6.07) is 0.496. The number of amides is 1. The molecule has 6 nitrogen and oxygen atoms in total. The van der Waals surface area contributed by atoms with Crippen LogP contribution in [0, 0.1) is 5.92 Å². The van der Waals surface area contributed by atoms with Crippen LogP contribution in [-0.4, -0.2) is 62.6 Å². The van der Waals surface area contributed by atoms with E-state index in [1.807, 2.05) is 7.05 Å². The zero-order chi connectivity index (χ0) is 18.6. The molecule has 0 aromatic carbocycles. The molecule has 0 spiro atoms. The highest BCUT2D eigenvalue weighted by Gasteiger charge is 2.19. The lowest BCUT2D eigenvalue weighted by atomic mass is 9.87. The van der Waals surface area contributed by atoms with E-state index in [1.54, 1.807) is 0 Å². The monoisotopic (exact) mass is 365 g/mol. The van der Waals surface area contributed by atoms with Crippen LogP contribution in [0.1, 0.15) is 64.7 Å². The molecular formula is C20H39N5O. The smallest absolute Gasteiger partial charge is 0.220 e. The van der Waals surface area contributed by atoms with Gasteiger partial charge >= 0.3 is 0 Å². The number of carbonyl (C=O) groups is 1. The highest BCUT2D eigenvalue weighted by Crippen LogP contribution is 2.25. The first-order valence-corrected chi connectivity index (χ1v) is 10.7. The lowest BCUT2D eigenvalue weighted by molar-refractivity contribution is -0.122. The van der Waals surface area contributed by atoms with Crippen LogP contribution in [0.4, 0.5) is 0 Å². The molecule has 6 heteroatoms. The first kappa shape index (κ1) is 21.0. The van der Waals surface area contributed by atoms with Gasteiger partial charge in [0.2, 0.25) is 5.91 Å². The van der Waals surface area contributed by atoms with Gasteiger partial charge in [0, 0.05) is 45.7 Å². The number of hydrogen-bond donors (Lipinski definition) is 3. The zero-order valence-corrected chi connectivity index (χ0v) is 16.9. The highest BCUT2D eigenvalue weighted by molar-refractivity contribution is 5.80. The SMILES string of the molecule is CCCN1CCC(NC(=NC)NCCNC(=O)CC2CCCCC2)CC1. The third kappa shape index (κ3) is 7.94. The van der Waals surface area contributed by atoms with E-state index in [4.69, 9.17) is 0 Å². The molecule has 1 aliphatic carbocycles. The molecule has 26 heavy (non-hydrogen) atoms. The molecule has 2 aliphatic rings. The van der Waals surface area contributed by atoms with E-state index >= 15 is 0 Å². The van der Waals surface area contributed by atoms with Gasteiger partial charge in [0.05, 0.1) is 0 Å². The van der Waals surface area contributed by atoms with E-state index in [0.717, 1.165) is 5.96 Å². The minimum Gasteiger partial charge on any atom is -0.355 e. The van der Waals surface area contributed by atoms with Crippen molar-refractivity contribution >= 4 is 11.9 Å². The number of guanidine groups is 1. The Bertz CT molecular complexity index is 426. The van der Waals surface area contributed by atoms with Gasteiger partial charge in [-0.3, -0.25) is 9.79 Å². The van der Waals surface area contributed by atoms with Gasteiger partial charge in [0.15, 0.2) is 5.96 Å². The van der Waals surface area contributed by atoms with Gasteiger partial charge in [-0.05, 0) is 44.6 Å². The van der Waals surface area contributed by atoms with Gasteiger partial charge in [0.1, 0.15) is 0 Å². The summed E-state index contributed by atoms with van der Waals surface area (Å²) in [5.41, 5.74) is 0. The van der Waals surface area contributed by atoms with Gasteiger partial charge < -0.3 is 20.9 Å². The van der Waals surface area contributed by atoms with E-state index in [-0.39, 0.29) is 5.91 Å². The number of carbonyl (C=O) groups excluding carboxylic acids is 1. The molecule has 0 aromatic rings. The molecule has 0 bridgehead atoms. The third-order valence-corrected chi connectivity index (χ3v) is 5.63. The topological polar surface area (TPSA) is 68.8 Å². The highest BCUT2D eigenvalue weighted by atomic mass is 16.1. The van der Waals surface area contributed by atoms with Gasteiger partial charge in [-0.1, -0.05) is 26.2 Å². The van der Waals surface area contributed by atoms with Crippen molar-refractivity contribution in [2.24, 2.45) is 10.9 Å².